The molecule has 3 nitrogen and oxygen atoms in total. The molecule has 7 aromatic rings. The van der Waals surface area contributed by atoms with E-state index in [0.29, 0.717) is 0 Å². The van der Waals surface area contributed by atoms with Crippen LogP contribution in [0.5, 0.6) is 0 Å². The van der Waals surface area contributed by atoms with E-state index in [4.69, 9.17) is 9.98 Å². The van der Waals surface area contributed by atoms with Crippen molar-refractivity contribution in [2.45, 2.75) is 6.17 Å². The number of thiophene rings is 1. The monoisotopic (exact) mass is 543 g/mol. The molecular weight excluding hydrogens is 518 g/mol. The average Bonchev–Trinajstić information content (AvgIpc) is 3.44. The van der Waals surface area contributed by atoms with Crippen LogP contribution in [0.15, 0.2) is 150 Å². The number of benzene rings is 6. The molecule has 1 aromatic heterocycles. The Bertz CT molecular complexity index is 2120. The molecule has 0 saturated heterocycles. The fourth-order valence-electron chi connectivity index (χ4n) is 5.74. The molecule has 1 aliphatic rings. The highest BCUT2D eigenvalue weighted by molar-refractivity contribution is 7.26. The van der Waals surface area contributed by atoms with Gasteiger partial charge in [-0.3, -0.25) is 0 Å². The summed E-state index contributed by atoms with van der Waals surface area (Å²) in [4.78, 5) is 10.0. The van der Waals surface area contributed by atoms with E-state index >= 15 is 0 Å². The highest BCUT2D eigenvalue weighted by atomic mass is 32.1. The minimum atomic E-state index is -0.221. The van der Waals surface area contributed by atoms with E-state index in [0.717, 1.165) is 33.9 Å². The Morgan fingerprint density at radius 1 is 0.537 bits per heavy atom. The van der Waals surface area contributed by atoms with Gasteiger partial charge in [-0.25, -0.2) is 9.98 Å². The average molecular weight is 544 g/mol. The van der Waals surface area contributed by atoms with Crippen molar-refractivity contribution < 1.29 is 0 Å². The van der Waals surface area contributed by atoms with Gasteiger partial charge in [-0.05, 0) is 34.2 Å². The Hall–Kier alpha value is -5.06. The standard InChI is InChI=1S/C37H25N3S/c1-3-11-24(12-4-1)35-38-36(25-13-5-2-6-14-25)40-37(39-35)27-16-9-15-26(23-27)28-18-10-19-31-29(28)21-22-32-30-17-7-8-20-33(30)41-34(31)32/h1-23,35H,(H,38,39,40). The van der Waals surface area contributed by atoms with Crippen LogP contribution in [-0.2, 0) is 0 Å². The predicted molar refractivity (Wildman–Crippen MR) is 174 cm³/mol. The van der Waals surface area contributed by atoms with Crippen molar-refractivity contribution in [1.82, 2.24) is 5.32 Å². The summed E-state index contributed by atoms with van der Waals surface area (Å²) >= 11 is 1.87. The van der Waals surface area contributed by atoms with E-state index in [2.05, 4.69) is 121 Å². The zero-order valence-electron chi connectivity index (χ0n) is 22.2. The Balaban J connectivity index is 1.24. The SMILES string of the molecule is c1ccc(C2=NC(c3ccccc3)NC(c3cccc(-c4cccc5c4ccc4c6ccccc6sc54)c3)=N2)cc1. The molecule has 0 amide bonds. The minimum absolute atomic E-state index is 0.221. The van der Waals surface area contributed by atoms with Gasteiger partial charge >= 0.3 is 0 Å². The van der Waals surface area contributed by atoms with Gasteiger partial charge in [-0.15, -0.1) is 11.3 Å². The van der Waals surface area contributed by atoms with Gasteiger partial charge in [0, 0.05) is 36.7 Å². The second-order valence-electron chi connectivity index (χ2n) is 10.3. The lowest BCUT2D eigenvalue weighted by Gasteiger charge is -2.24. The Kier molecular flexibility index (Phi) is 5.71. The quantitative estimate of drug-likeness (QED) is 0.236. The molecule has 1 N–H and O–H groups in total. The molecule has 0 bridgehead atoms. The van der Waals surface area contributed by atoms with Crippen LogP contribution in [0.1, 0.15) is 22.9 Å². The van der Waals surface area contributed by atoms with E-state index in [-0.39, 0.29) is 6.17 Å². The Morgan fingerprint density at radius 2 is 1.20 bits per heavy atom. The normalized spacial score (nSPS) is 15.1. The van der Waals surface area contributed by atoms with Crippen LogP contribution < -0.4 is 5.32 Å². The Labute approximate surface area is 242 Å². The van der Waals surface area contributed by atoms with Crippen LogP contribution >= 0.6 is 11.3 Å². The first-order chi connectivity index (χ1) is 20.3. The highest BCUT2D eigenvalue weighted by Gasteiger charge is 2.21. The number of nitrogens with zero attached hydrogens (tertiary/aromatic N) is 2. The predicted octanol–water partition coefficient (Wildman–Crippen LogP) is 9.37. The highest BCUT2D eigenvalue weighted by Crippen LogP contribution is 2.41. The van der Waals surface area contributed by atoms with Crippen molar-refractivity contribution in [3.63, 3.8) is 0 Å². The molecule has 6 aromatic carbocycles. The molecule has 194 valence electrons. The minimum Gasteiger partial charge on any atom is -0.344 e. The summed E-state index contributed by atoms with van der Waals surface area (Å²) in [6.45, 7) is 0. The van der Waals surface area contributed by atoms with E-state index in [1.165, 1.54) is 36.5 Å². The molecule has 0 fully saturated rings. The van der Waals surface area contributed by atoms with E-state index in [9.17, 15) is 0 Å². The van der Waals surface area contributed by atoms with E-state index in [1.54, 1.807) is 0 Å². The number of aliphatic imine (C=N–C) groups is 2. The molecule has 1 aliphatic heterocycles. The van der Waals surface area contributed by atoms with Crippen molar-refractivity contribution in [1.29, 1.82) is 0 Å². The number of nitrogens with one attached hydrogen (secondary N) is 1. The number of rotatable bonds is 4. The molecule has 0 radical (unpaired) electrons. The van der Waals surface area contributed by atoms with Crippen LogP contribution in [0.2, 0.25) is 0 Å². The van der Waals surface area contributed by atoms with Gasteiger partial charge in [0.05, 0.1) is 0 Å². The molecule has 4 heteroatoms. The summed E-state index contributed by atoms with van der Waals surface area (Å²) in [5, 5.41) is 8.81. The van der Waals surface area contributed by atoms with Crippen LogP contribution in [-0.4, -0.2) is 11.7 Å². The first kappa shape index (κ1) is 23.8. The first-order valence-electron chi connectivity index (χ1n) is 13.8. The number of hydrogen-bond donors (Lipinski definition) is 1. The van der Waals surface area contributed by atoms with Crippen LogP contribution in [0.4, 0.5) is 0 Å². The number of amidine groups is 2. The summed E-state index contributed by atoms with van der Waals surface area (Å²) < 4.78 is 2.67. The van der Waals surface area contributed by atoms with Gasteiger partial charge in [0.25, 0.3) is 0 Å². The fourth-order valence-corrected chi connectivity index (χ4v) is 6.97. The van der Waals surface area contributed by atoms with Gasteiger partial charge in [-0.1, -0.05) is 127 Å². The maximum Gasteiger partial charge on any atom is 0.159 e. The number of hydrogen-bond acceptors (Lipinski definition) is 4. The van der Waals surface area contributed by atoms with Gasteiger partial charge in [0.1, 0.15) is 12.0 Å². The molecule has 1 atom stereocenters. The second-order valence-corrected chi connectivity index (χ2v) is 11.3. The van der Waals surface area contributed by atoms with Crippen LogP contribution in [0.25, 0.3) is 42.1 Å². The molecule has 0 aliphatic carbocycles. The lowest BCUT2D eigenvalue weighted by atomic mass is 9.95. The third-order valence-electron chi connectivity index (χ3n) is 7.74. The topological polar surface area (TPSA) is 36.8 Å². The second kappa shape index (κ2) is 9.84. The molecule has 2 heterocycles. The van der Waals surface area contributed by atoms with Gasteiger partial charge in [0.15, 0.2) is 5.84 Å². The maximum absolute atomic E-state index is 5.02. The van der Waals surface area contributed by atoms with Crippen LogP contribution in [0, 0.1) is 0 Å². The molecule has 8 rings (SSSR count). The molecular formula is C37H25N3S. The zero-order valence-corrected chi connectivity index (χ0v) is 23.0. The zero-order chi connectivity index (χ0) is 27.2. The van der Waals surface area contributed by atoms with E-state index < -0.39 is 0 Å². The summed E-state index contributed by atoms with van der Waals surface area (Å²) in [5.41, 5.74) is 5.53. The molecule has 0 saturated carbocycles. The molecule has 1 unspecified atom stereocenters. The van der Waals surface area contributed by atoms with Gasteiger partial charge in [-0.2, -0.15) is 0 Å². The third-order valence-corrected chi connectivity index (χ3v) is 8.96. The van der Waals surface area contributed by atoms with Crippen molar-refractivity contribution in [3.05, 3.63) is 156 Å². The third kappa shape index (κ3) is 4.21. The summed E-state index contributed by atoms with van der Waals surface area (Å²) in [5.74, 6) is 1.55. The number of fused-ring (bicyclic) bond motifs is 5. The molecule has 41 heavy (non-hydrogen) atoms. The lowest BCUT2D eigenvalue weighted by Crippen LogP contribution is -2.33. The summed E-state index contributed by atoms with van der Waals surface area (Å²) in [6, 6.07) is 49.1. The largest absolute Gasteiger partial charge is 0.344 e. The van der Waals surface area contributed by atoms with Crippen molar-refractivity contribution >= 4 is 54.0 Å². The fraction of sp³-hybridized carbons (Fsp3) is 0.0270. The van der Waals surface area contributed by atoms with Gasteiger partial charge in [0.2, 0.25) is 0 Å². The summed E-state index contributed by atoms with van der Waals surface area (Å²) in [7, 11) is 0. The summed E-state index contributed by atoms with van der Waals surface area (Å²) in [6.07, 6.45) is -0.221. The molecule has 0 spiro atoms. The van der Waals surface area contributed by atoms with E-state index in [1.807, 2.05) is 35.6 Å². The van der Waals surface area contributed by atoms with Gasteiger partial charge < -0.3 is 5.32 Å². The first-order valence-corrected chi connectivity index (χ1v) is 14.6. The smallest absolute Gasteiger partial charge is 0.159 e. The van der Waals surface area contributed by atoms with Crippen molar-refractivity contribution in [2.75, 3.05) is 0 Å². The Morgan fingerprint density at radius 3 is 2.07 bits per heavy atom. The van der Waals surface area contributed by atoms with Crippen molar-refractivity contribution in [3.8, 4) is 11.1 Å². The van der Waals surface area contributed by atoms with Crippen LogP contribution in [0.3, 0.4) is 0 Å². The maximum atomic E-state index is 5.02. The lowest BCUT2D eigenvalue weighted by molar-refractivity contribution is 0.674. The van der Waals surface area contributed by atoms with Crippen molar-refractivity contribution in [2.24, 2.45) is 9.98 Å².